The highest BCUT2D eigenvalue weighted by Crippen LogP contribution is 2.17. The van der Waals surface area contributed by atoms with E-state index in [2.05, 4.69) is 13.8 Å². The predicted molar refractivity (Wildman–Crippen MR) is 88.2 cm³/mol. The Labute approximate surface area is 128 Å². The maximum absolute atomic E-state index is 12.2. The molecule has 21 heavy (non-hydrogen) atoms. The summed E-state index contributed by atoms with van der Waals surface area (Å²) < 4.78 is 17.8. The maximum Gasteiger partial charge on any atom is 0.121 e. The zero-order valence-corrected chi connectivity index (χ0v) is 13.2. The van der Waals surface area contributed by atoms with Gasteiger partial charge in [-0.3, -0.25) is 4.21 Å². The summed E-state index contributed by atoms with van der Waals surface area (Å²) in [6, 6.07) is 15.2. The van der Waals surface area contributed by atoms with Crippen molar-refractivity contribution in [2.24, 2.45) is 0 Å². The molecule has 0 heterocycles. The highest BCUT2D eigenvalue weighted by atomic mass is 32.2. The van der Waals surface area contributed by atoms with E-state index in [1.165, 1.54) is 5.56 Å². The monoisotopic (exact) mass is 303 g/mol. The molecule has 2 rings (SSSR count). The molecule has 0 spiro atoms. The number of anilines is 1. The molecule has 0 saturated heterocycles. The number of nitrogens with two attached hydrogens (primary N) is 1. The van der Waals surface area contributed by atoms with Gasteiger partial charge in [0.2, 0.25) is 0 Å². The second kappa shape index (κ2) is 7.27. The molecule has 4 heteroatoms. The summed E-state index contributed by atoms with van der Waals surface area (Å²) in [5, 5.41) is 0. The Hall–Kier alpha value is -1.81. The average Bonchev–Trinajstić information content (AvgIpc) is 2.47. The normalized spacial score (nSPS) is 12.3. The van der Waals surface area contributed by atoms with E-state index in [9.17, 15) is 4.21 Å². The zero-order valence-electron chi connectivity index (χ0n) is 12.4. The van der Waals surface area contributed by atoms with E-state index in [0.29, 0.717) is 29.7 Å². The molecule has 0 fully saturated rings. The van der Waals surface area contributed by atoms with Crippen molar-refractivity contribution in [1.29, 1.82) is 0 Å². The molecule has 3 nitrogen and oxygen atoms in total. The third kappa shape index (κ3) is 4.60. The van der Waals surface area contributed by atoms with Crippen LogP contribution in [0.2, 0.25) is 0 Å². The molecule has 112 valence electrons. The smallest absolute Gasteiger partial charge is 0.121 e. The molecule has 1 atom stereocenters. The van der Waals surface area contributed by atoms with Crippen LogP contribution >= 0.6 is 0 Å². The van der Waals surface area contributed by atoms with E-state index >= 15 is 0 Å². The Morgan fingerprint density at radius 2 is 1.86 bits per heavy atom. The fraction of sp³-hybridized carbons (Fsp3) is 0.294. The van der Waals surface area contributed by atoms with Crippen molar-refractivity contribution in [3.63, 3.8) is 0 Å². The molecule has 0 aliphatic carbocycles. The van der Waals surface area contributed by atoms with Gasteiger partial charge in [0.05, 0.1) is 16.6 Å². The van der Waals surface area contributed by atoms with Crippen LogP contribution in [-0.4, -0.2) is 16.6 Å². The van der Waals surface area contributed by atoms with E-state index in [-0.39, 0.29) is 0 Å². The van der Waals surface area contributed by atoms with Crippen LogP contribution in [-0.2, 0) is 10.8 Å². The summed E-state index contributed by atoms with van der Waals surface area (Å²) in [7, 11) is -1.04. The molecule has 1 unspecified atom stereocenters. The molecule has 0 aliphatic heterocycles. The van der Waals surface area contributed by atoms with Gasteiger partial charge in [0.15, 0.2) is 0 Å². The molecule has 2 aromatic rings. The lowest BCUT2D eigenvalue weighted by atomic mass is 10.0. The Morgan fingerprint density at radius 3 is 2.48 bits per heavy atom. The molecule has 2 N–H and O–H groups in total. The van der Waals surface area contributed by atoms with Crippen molar-refractivity contribution in [3.8, 4) is 5.75 Å². The third-order valence-electron chi connectivity index (χ3n) is 3.21. The van der Waals surface area contributed by atoms with Gasteiger partial charge < -0.3 is 10.5 Å². The summed E-state index contributed by atoms with van der Waals surface area (Å²) in [6.07, 6.45) is 0. The van der Waals surface area contributed by atoms with E-state index in [0.717, 1.165) is 4.90 Å². The van der Waals surface area contributed by atoms with Gasteiger partial charge in [0.1, 0.15) is 12.4 Å². The number of hydrogen-bond donors (Lipinski definition) is 1. The number of nitrogen functional groups attached to an aromatic ring is 1. The topological polar surface area (TPSA) is 52.3 Å². The number of rotatable bonds is 6. The van der Waals surface area contributed by atoms with Gasteiger partial charge in [-0.1, -0.05) is 32.0 Å². The first-order chi connectivity index (χ1) is 10.1. The maximum atomic E-state index is 12.2. The van der Waals surface area contributed by atoms with Gasteiger partial charge in [-0.15, -0.1) is 0 Å². The average molecular weight is 303 g/mol. The van der Waals surface area contributed by atoms with Crippen LogP contribution in [0, 0.1) is 0 Å². The van der Waals surface area contributed by atoms with Crippen LogP contribution in [0.15, 0.2) is 53.4 Å². The fourth-order valence-electron chi connectivity index (χ4n) is 1.96. The largest absolute Gasteiger partial charge is 0.493 e. The van der Waals surface area contributed by atoms with E-state index in [4.69, 9.17) is 10.5 Å². The summed E-state index contributed by atoms with van der Waals surface area (Å²) in [6.45, 7) is 4.69. The Balaban J connectivity index is 1.87. The minimum absolute atomic E-state index is 0.405. The minimum Gasteiger partial charge on any atom is -0.493 e. The summed E-state index contributed by atoms with van der Waals surface area (Å²) in [5.41, 5.74) is 7.60. The van der Waals surface area contributed by atoms with E-state index in [1.807, 2.05) is 36.4 Å². The van der Waals surface area contributed by atoms with Crippen LogP contribution in [0.5, 0.6) is 5.75 Å². The first-order valence-electron chi connectivity index (χ1n) is 7.03. The van der Waals surface area contributed by atoms with Crippen LogP contribution < -0.4 is 10.5 Å². The van der Waals surface area contributed by atoms with Gasteiger partial charge in [-0.2, -0.15) is 0 Å². The highest BCUT2D eigenvalue weighted by molar-refractivity contribution is 7.85. The second-order valence-electron chi connectivity index (χ2n) is 5.19. The van der Waals surface area contributed by atoms with Gasteiger partial charge >= 0.3 is 0 Å². The summed E-state index contributed by atoms with van der Waals surface area (Å²) in [5.74, 6) is 1.66. The molecule has 0 aliphatic rings. The zero-order chi connectivity index (χ0) is 15.2. The molecule has 2 aromatic carbocycles. The van der Waals surface area contributed by atoms with Crippen molar-refractivity contribution in [1.82, 2.24) is 0 Å². The van der Waals surface area contributed by atoms with Crippen molar-refractivity contribution >= 4 is 16.5 Å². The summed E-state index contributed by atoms with van der Waals surface area (Å²) >= 11 is 0. The van der Waals surface area contributed by atoms with Crippen molar-refractivity contribution in [2.45, 2.75) is 24.7 Å². The number of ether oxygens (including phenoxy) is 1. The molecular formula is C17H21NO2S. The molecule has 0 aromatic heterocycles. The lowest BCUT2D eigenvalue weighted by molar-refractivity contribution is 0.343. The Bertz CT molecular complexity index is 608. The SMILES string of the molecule is CC(C)c1ccc(S(=O)CCOc2cccc(N)c2)cc1. The summed E-state index contributed by atoms with van der Waals surface area (Å²) in [4.78, 5) is 0.843. The molecule has 0 radical (unpaired) electrons. The lowest BCUT2D eigenvalue weighted by Crippen LogP contribution is -2.09. The highest BCUT2D eigenvalue weighted by Gasteiger charge is 2.06. The van der Waals surface area contributed by atoms with Crippen LogP contribution in [0.25, 0.3) is 0 Å². The second-order valence-corrected chi connectivity index (χ2v) is 6.77. The minimum atomic E-state index is -1.04. The van der Waals surface area contributed by atoms with E-state index in [1.54, 1.807) is 12.1 Å². The molecule has 0 bridgehead atoms. The van der Waals surface area contributed by atoms with E-state index < -0.39 is 10.8 Å². The first-order valence-corrected chi connectivity index (χ1v) is 8.35. The van der Waals surface area contributed by atoms with Crippen molar-refractivity contribution < 1.29 is 8.95 Å². The first kappa shape index (κ1) is 15.6. The van der Waals surface area contributed by atoms with Crippen molar-refractivity contribution in [2.75, 3.05) is 18.1 Å². The van der Waals surface area contributed by atoms with Gasteiger partial charge in [0.25, 0.3) is 0 Å². The molecule has 0 amide bonds. The van der Waals surface area contributed by atoms with Gasteiger partial charge in [-0.25, -0.2) is 0 Å². The molecular weight excluding hydrogens is 282 g/mol. The lowest BCUT2D eigenvalue weighted by Gasteiger charge is -2.08. The van der Waals surface area contributed by atoms with Crippen LogP contribution in [0.1, 0.15) is 25.3 Å². The Morgan fingerprint density at radius 1 is 1.14 bits per heavy atom. The van der Waals surface area contributed by atoms with Crippen molar-refractivity contribution in [3.05, 3.63) is 54.1 Å². The Kier molecular flexibility index (Phi) is 5.39. The number of hydrogen-bond acceptors (Lipinski definition) is 3. The fourth-order valence-corrected chi connectivity index (χ4v) is 2.87. The molecule has 0 saturated carbocycles. The quantitative estimate of drug-likeness (QED) is 0.830. The standard InChI is InChI=1S/C17H21NO2S/c1-13(2)14-6-8-17(9-7-14)21(19)11-10-20-16-5-3-4-15(18)12-16/h3-9,12-13H,10-11,18H2,1-2H3. The third-order valence-corrected chi connectivity index (χ3v) is 4.54. The predicted octanol–water partition coefficient (Wildman–Crippen LogP) is 3.58. The van der Waals surface area contributed by atoms with Crippen LogP contribution in [0.4, 0.5) is 5.69 Å². The van der Waals surface area contributed by atoms with Gasteiger partial charge in [-0.05, 0) is 35.7 Å². The number of benzene rings is 2. The van der Waals surface area contributed by atoms with Gasteiger partial charge in [0, 0.05) is 16.6 Å². The van der Waals surface area contributed by atoms with Crippen LogP contribution in [0.3, 0.4) is 0 Å².